The number of ether oxygens (including phenoxy) is 1. The van der Waals surface area contributed by atoms with Gasteiger partial charge in [0.2, 0.25) is 5.91 Å². The molecule has 0 saturated carbocycles. The predicted octanol–water partition coefficient (Wildman–Crippen LogP) is 7.05. The fraction of sp³-hybridized carbons (Fsp3) is 0.289. The summed E-state index contributed by atoms with van der Waals surface area (Å²) in [6.45, 7) is 6.13. The number of methoxy groups -OCH3 is 1. The van der Waals surface area contributed by atoms with Crippen LogP contribution in [0.2, 0.25) is 5.02 Å². The zero-order valence-corrected chi connectivity index (χ0v) is 28.0. The highest BCUT2D eigenvalue weighted by Crippen LogP contribution is 2.53. The Morgan fingerprint density at radius 2 is 1.60 bits per heavy atom. The molecule has 4 atom stereocenters. The van der Waals surface area contributed by atoms with Gasteiger partial charge in [-0.25, -0.2) is 9.18 Å². The summed E-state index contributed by atoms with van der Waals surface area (Å²) in [5.41, 5.74) is 0.197. The second-order valence-corrected chi connectivity index (χ2v) is 13.7. The normalized spacial score (nSPS) is 20.6. The molecule has 4 aromatic carbocycles. The summed E-state index contributed by atoms with van der Waals surface area (Å²) in [5, 5.41) is 19.3. The summed E-state index contributed by atoms with van der Waals surface area (Å²) < 4.78 is 22.0. The Balaban J connectivity index is 1.72. The fourth-order valence-electron chi connectivity index (χ4n) is 6.75. The van der Waals surface area contributed by atoms with Crippen LogP contribution in [0.15, 0.2) is 97.1 Å². The summed E-state index contributed by atoms with van der Waals surface area (Å²) in [6.07, 6.45) is 0.489. The van der Waals surface area contributed by atoms with Crippen LogP contribution in [0.5, 0.6) is 5.75 Å². The number of hydrogen-bond donors (Lipinski definition) is 4. The highest BCUT2D eigenvalue weighted by Gasteiger charge is 2.60. The van der Waals surface area contributed by atoms with Crippen molar-refractivity contribution in [3.63, 3.8) is 0 Å². The van der Waals surface area contributed by atoms with Gasteiger partial charge in [-0.1, -0.05) is 68.8 Å². The lowest BCUT2D eigenvalue weighted by Gasteiger charge is -2.43. The van der Waals surface area contributed by atoms with Gasteiger partial charge in [-0.05, 0) is 78.1 Å². The molecular formula is C38H39ClFN3O5. The number of nitrogens with one attached hydrogen (secondary N) is 3. The smallest absolute Gasteiger partial charge is 0.335 e. The zero-order valence-electron chi connectivity index (χ0n) is 27.2. The van der Waals surface area contributed by atoms with Crippen LogP contribution in [0, 0.1) is 11.2 Å². The van der Waals surface area contributed by atoms with Gasteiger partial charge in [-0.3, -0.25) is 9.59 Å². The third kappa shape index (κ3) is 7.22. The molecule has 5 rings (SSSR count). The van der Waals surface area contributed by atoms with E-state index in [0.29, 0.717) is 34.0 Å². The molecule has 0 unspecified atom stereocenters. The van der Waals surface area contributed by atoms with Crippen LogP contribution in [0.4, 0.5) is 10.1 Å². The van der Waals surface area contributed by atoms with Crippen LogP contribution < -0.4 is 20.7 Å². The molecule has 1 saturated heterocycles. The average molecular weight is 672 g/mol. The lowest BCUT2D eigenvalue weighted by molar-refractivity contribution is -0.118. The van der Waals surface area contributed by atoms with Gasteiger partial charge in [0.25, 0.3) is 5.91 Å². The van der Waals surface area contributed by atoms with Gasteiger partial charge in [0, 0.05) is 45.8 Å². The third-order valence-electron chi connectivity index (χ3n) is 8.88. The van der Waals surface area contributed by atoms with Crippen molar-refractivity contribution < 1.29 is 28.6 Å². The molecule has 2 amide bonds. The first kappa shape index (κ1) is 34.6. The van der Waals surface area contributed by atoms with Crippen LogP contribution in [0.25, 0.3) is 0 Å². The van der Waals surface area contributed by atoms with E-state index in [0.717, 1.165) is 0 Å². The summed E-state index contributed by atoms with van der Waals surface area (Å²) in [6, 6.07) is 24.7. The van der Waals surface area contributed by atoms with Gasteiger partial charge in [0.05, 0.1) is 18.7 Å². The highest BCUT2D eigenvalue weighted by atomic mass is 35.5. The minimum absolute atomic E-state index is 0.0501. The van der Waals surface area contributed by atoms with Crippen molar-refractivity contribution in [1.29, 1.82) is 0 Å². The maximum atomic E-state index is 16.4. The number of anilines is 1. The maximum absolute atomic E-state index is 16.4. The molecule has 0 radical (unpaired) electrons. The number of carboxylic acid groups (broad SMARTS) is 1. The first-order valence-corrected chi connectivity index (χ1v) is 16.0. The summed E-state index contributed by atoms with van der Waals surface area (Å²) in [4.78, 5) is 39.4. The molecule has 4 aromatic rings. The monoisotopic (exact) mass is 671 g/mol. The summed E-state index contributed by atoms with van der Waals surface area (Å²) >= 11 is 6.91. The van der Waals surface area contributed by atoms with Gasteiger partial charge < -0.3 is 25.8 Å². The van der Waals surface area contributed by atoms with Gasteiger partial charge in [-0.15, -0.1) is 0 Å². The van der Waals surface area contributed by atoms with E-state index >= 15 is 4.39 Å². The molecule has 8 nitrogen and oxygen atoms in total. The largest absolute Gasteiger partial charge is 0.497 e. The minimum Gasteiger partial charge on any atom is -0.497 e. The molecule has 250 valence electrons. The number of carbonyl (C=O) groups excluding carboxylic acids is 2. The molecule has 4 N–H and O–H groups in total. The predicted molar refractivity (Wildman–Crippen MR) is 184 cm³/mol. The summed E-state index contributed by atoms with van der Waals surface area (Å²) in [7, 11) is 1.50. The van der Waals surface area contributed by atoms with Crippen LogP contribution in [-0.2, 0) is 10.2 Å². The van der Waals surface area contributed by atoms with Gasteiger partial charge in [0.1, 0.15) is 11.6 Å². The Bertz CT molecular complexity index is 1790. The molecule has 1 aliphatic heterocycles. The quantitative estimate of drug-likeness (QED) is 0.144. The van der Waals surface area contributed by atoms with E-state index in [1.807, 2.05) is 18.2 Å². The lowest BCUT2D eigenvalue weighted by atomic mass is 9.61. The first-order chi connectivity index (χ1) is 22.8. The molecule has 0 spiro atoms. The Kier molecular flexibility index (Phi) is 10.2. The topological polar surface area (TPSA) is 117 Å². The number of aromatic carboxylic acids is 1. The molecule has 48 heavy (non-hydrogen) atoms. The van der Waals surface area contributed by atoms with Crippen molar-refractivity contribution >= 4 is 35.1 Å². The Labute approximate surface area is 284 Å². The Hall–Kier alpha value is -4.73. The number of carbonyl (C=O) groups is 3. The number of benzene rings is 4. The van der Waals surface area contributed by atoms with Crippen LogP contribution in [0.3, 0.4) is 0 Å². The minimum atomic E-state index is -1.27. The molecule has 1 fully saturated rings. The van der Waals surface area contributed by atoms with E-state index in [2.05, 4.69) is 36.7 Å². The zero-order chi connectivity index (χ0) is 34.6. The van der Waals surface area contributed by atoms with Crippen molar-refractivity contribution in [2.45, 2.75) is 50.6 Å². The molecule has 0 aliphatic carbocycles. The molecule has 0 bridgehead atoms. The second kappa shape index (κ2) is 14.2. The van der Waals surface area contributed by atoms with E-state index in [1.54, 1.807) is 42.5 Å². The van der Waals surface area contributed by atoms with Gasteiger partial charge in [-0.2, -0.15) is 0 Å². The summed E-state index contributed by atoms with van der Waals surface area (Å²) in [5.74, 6) is -2.77. The Morgan fingerprint density at radius 1 is 0.938 bits per heavy atom. The number of halogens is 2. The molecular weight excluding hydrogens is 633 g/mol. The Morgan fingerprint density at radius 3 is 2.23 bits per heavy atom. The molecule has 10 heteroatoms. The van der Waals surface area contributed by atoms with Crippen LogP contribution >= 0.6 is 11.6 Å². The van der Waals surface area contributed by atoms with Crippen molar-refractivity contribution in [1.82, 2.24) is 10.6 Å². The fourth-order valence-corrected chi connectivity index (χ4v) is 7.00. The van der Waals surface area contributed by atoms with Gasteiger partial charge in [0.15, 0.2) is 0 Å². The van der Waals surface area contributed by atoms with Crippen molar-refractivity contribution in [2.75, 3.05) is 19.0 Å². The van der Waals surface area contributed by atoms with Gasteiger partial charge >= 0.3 is 5.97 Å². The van der Waals surface area contributed by atoms with Crippen molar-refractivity contribution in [3.8, 4) is 5.75 Å². The number of rotatable bonds is 10. The van der Waals surface area contributed by atoms with Crippen molar-refractivity contribution in [3.05, 3.63) is 130 Å². The number of carboxylic acids is 1. The van der Waals surface area contributed by atoms with E-state index in [-0.39, 0.29) is 29.0 Å². The van der Waals surface area contributed by atoms with Crippen LogP contribution in [0.1, 0.15) is 65.0 Å². The SMILES string of the molecule is COc1ccc(F)c([C@@]2(CNC(=O)c3ccccc3)[C@H](CC(C)(C)C)N[C@@H](C(=O)Nc3ccc(C(=O)O)cc3)[C@@H]2c2ccccc2Cl)c1. The van der Waals surface area contributed by atoms with E-state index in [1.165, 1.54) is 43.5 Å². The first-order valence-electron chi connectivity index (χ1n) is 15.7. The average Bonchev–Trinajstić information content (AvgIpc) is 3.37. The van der Waals surface area contributed by atoms with E-state index in [9.17, 15) is 19.5 Å². The maximum Gasteiger partial charge on any atom is 0.335 e. The van der Waals surface area contributed by atoms with Crippen LogP contribution in [-0.4, -0.2) is 48.6 Å². The molecule has 1 aliphatic rings. The highest BCUT2D eigenvalue weighted by molar-refractivity contribution is 6.31. The third-order valence-corrected chi connectivity index (χ3v) is 9.23. The standard InChI is InChI=1S/C38H39ClFN3O5/c1-37(2,3)21-31-38(28-20-26(48-4)18-19-30(28)40,22-41-34(44)23-10-6-5-7-11-23)32(27-12-8-9-13-29(27)39)33(43-31)35(45)42-25-16-14-24(15-17-25)36(46)47/h5-20,31-33,43H,21-22H2,1-4H3,(H,41,44)(H,42,45)(H,46,47)/t31-,32-,33+,38-/m0/s1. The lowest BCUT2D eigenvalue weighted by Crippen LogP contribution is -2.52. The number of hydrogen-bond acceptors (Lipinski definition) is 5. The van der Waals surface area contributed by atoms with E-state index in [4.69, 9.17) is 16.3 Å². The molecule has 1 heterocycles. The number of amides is 2. The van der Waals surface area contributed by atoms with E-state index < -0.39 is 41.1 Å². The van der Waals surface area contributed by atoms with Crippen molar-refractivity contribution in [2.24, 2.45) is 5.41 Å². The second-order valence-electron chi connectivity index (χ2n) is 13.3. The molecule has 0 aromatic heterocycles.